The molecule has 0 saturated carbocycles. The summed E-state index contributed by atoms with van der Waals surface area (Å²) in [6.07, 6.45) is 3.57. The molecule has 3 rings (SSSR count). The topological polar surface area (TPSA) is 33.6 Å². The molecule has 1 aromatic carbocycles. The van der Waals surface area contributed by atoms with E-state index in [4.69, 9.17) is 12.2 Å². The lowest BCUT2D eigenvalue weighted by Gasteiger charge is -2.05. The molecule has 0 unspecified atom stereocenters. The van der Waals surface area contributed by atoms with Crippen molar-refractivity contribution in [3.8, 4) is 0 Å². The minimum Gasteiger partial charge on any atom is -0.329 e. The minimum absolute atomic E-state index is 0.720. The Morgan fingerprint density at radius 3 is 3.06 bits per heavy atom. The van der Waals surface area contributed by atoms with E-state index in [2.05, 4.69) is 42.6 Å². The number of imidazole rings is 1. The molecule has 0 amide bonds. The van der Waals surface area contributed by atoms with Gasteiger partial charge in [0.15, 0.2) is 4.77 Å². The highest BCUT2D eigenvalue weighted by atomic mass is 79.9. The van der Waals surface area contributed by atoms with Crippen LogP contribution in [0.5, 0.6) is 0 Å². The molecule has 0 aliphatic carbocycles. The van der Waals surface area contributed by atoms with Crippen molar-refractivity contribution in [2.24, 2.45) is 0 Å². The fourth-order valence-corrected chi connectivity index (χ4v) is 2.71. The van der Waals surface area contributed by atoms with Crippen LogP contribution >= 0.6 is 28.1 Å². The van der Waals surface area contributed by atoms with Gasteiger partial charge in [-0.05, 0) is 36.0 Å². The standard InChI is InChI=1S/C13H10BrN3S/c14-10-3-1-2-9(6-10)8-17-12-4-5-15-7-11(12)16-13(17)18/h1-7H,8H2,(H,16,18). The van der Waals surface area contributed by atoms with E-state index in [9.17, 15) is 0 Å². The highest BCUT2D eigenvalue weighted by Crippen LogP contribution is 2.17. The molecule has 2 heterocycles. The first-order chi connectivity index (χ1) is 8.74. The van der Waals surface area contributed by atoms with E-state index in [1.807, 2.05) is 18.2 Å². The van der Waals surface area contributed by atoms with Crippen molar-refractivity contribution >= 4 is 39.2 Å². The maximum atomic E-state index is 5.35. The van der Waals surface area contributed by atoms with Crippen LogP contribution in [0.3, 0.4) is 0 Å². The Labute approximate surface area is 118 Å². The van der Waals surface area contributed by atoms with Gasteiger partial charge in [0, 0.05) is 10.7 Å². The van der Waals surface area contributed by atoms with E-state index < -0.39 is 0 Å². The highest BCUT2D eigenvalue weighted by molar-refractivity contribution is 9.10. The van der Waals surface area contributed by atoms with Crippen molar-refractivity contribution < 1.29 is 0 Å². The summed E-state index contributed by atoms with van der Waals surface area (Å²) in [6, 6.07) is 10.2. The largest absolute Gasteiger partial charge is 0.329 e. The summed E-state index contributed by atoms with van der Waals surface area (Å²) in [6.45, 7) is 0.752. The second kappa shape index (κ2) is 4.66. The molecule has 3 nitrogen and oxygen atoms in total. The molecule has 0 saturated heterocycles. The molecule has 0 aliphatic rings. The van der Waals surface area contributed by atoms with E-state index in [-0.39, 0.29) is 0 Å². The minimum atomic E-state index is 0.720. The van der Waals surface area contributed by atoms with Gasteiger partial charge in [-0.3, -0.25) is 4.98 Å². The van der Waals surface area contributed by atoms with Crippen LogP contribution in [0.1, 0.15) is 5.56 Å². The van der Waals surface area contributed by atoms with Gasteiger partial charge in [0.25, 0.3) is 0 Å². The van der Waals surface area contributed by atoms with Crippen molar-refractivity contribution in [1.29, 1.82) is 0 Å². The van der Waals surface area contributed by atoms with Gasteiger partial charge in [0.1, 0.15) is 0 Å². The van der Waals surface area contributed by atoms with Crippen LogP contribution in [0.15, 0.2) is 47.2 Å². The first-order valence-electron chi connectivity index (χ1n) is 5.51. The molecule has 90 valence electrons. The number of H-pyrrole nitrogens is 1. The number of nitrogens with zero attached hydrogens (tertiary/aromatic N) is 2. The average molecular weight is 320 g/mol. The van der Waals surface area contributed by atoms with Crippen molar-refractivity contribution in [3.63, 3.8) is 0 Å². The number of rotatable bonds is 2. The molecule has 18 heavy (non-hydrogen) atoms. The fraction of sp³-hybridized carbons (Fsp3) is 0.0769. The zero-order chi connectivity index (χ0) is 12.5. The summed E-state index contributed by atoms with van der Waals surface area (Å²) in [5, 5.41) is 0. The Hall–Kier alpha value is -1.46. The lowest BCUT2D eigenvalue weighted by atomic mass is 10.2. The van der Waals surface area contributed by atoms with Crippen molar-refractivity contribution in [2.75, 3.05) is 0 Å². The predicted octanol–water partition coefficient (Wildman–Crippen LogP) is 3.90. The van der Waals surface area contributed by atoms with Crippen molar-refractivity contribution in [2.45, 2.75) is 6.54 Å². The molecule has 0 aliphatic heterocycles. The normalized spacial score (nSPS) is 10.9. The molecule has 0 spiro atoms. The number of benzene rings is 1. The average Bonchev–Trinajstić information content (AvgIpc) is 2.66. The summed E-state index contributed by atoms with van der Waals surface area (Å²) in [5.41, 5.74) is 3.26. The van der Waals surface area contributed by atoms with Crippen LogP contribution in [0, 0.1) is 4.77 Å². The van der Waals surface area contributed by atoms with Crippen LogP contribution in [0.4, 0.5) is 0 Å². The Bertz CT molecular complexity index is 760. The maximum Gasteiger partial charge on any atom is 0.178 e. The van der Waals surface area contributed by atoms with Gasteiger partial charge in [-0.2, -0.15) is 0 Å². The van der Waals surface area contributed by atoms with Crippen LogP contribution < -0.4 is 0 Å². The third kappa shape index (κ3) is 2.11. The molecule has 0 atom stereocenters. The molecule has 0 fully saturated rings. The molecule has 1 N–H and O–H groups in total. The number of nitrogens with one attached hydrogen (secondary N) is 1. The summed E-state index contributed by atoms with van der Waals surface area (Å²) < 4.78 is 3.87. The van der Waals surface area contributed by atoms with Gasteiger partial charge in [0.05, 0.1) is 23.8 Å². The Balaban J connectivity index is 2.10. The monoisotopic (exact) mass is 319 g/mol. The quantitative estimate of drug-likeness (QED) is 0.727. The second-order valence-electron chi connectivity index (χ2n) is 4.04. The van der Waals surface area contributed by atoms with E-state index in [0.717, 1.165) is 26.8 Å². The zero-order valence-electron chi connectivity index (χ0n) is 9.43. The zero-order valence-corrected chi connectivity index (χ0v) is 11.8. The Morgan fingerprint density at radius 1 is 1.33 bits per heavy atom. The molecular weight excluding hydrogens is 310 g/mol. The van der Waals surface area contributed by atoms with Crippen molar-refractivity contribution in [1.82, 2.24) is 14.5 Å². The lowest BCUT2D eigenvalue weighted by molar-refractivity contribution is 0.810. The SMILES string of the molecule is S=c1[nH]c2cnccc2n1Cc1cccc(Br)c1. The van der Waals surface area contributed by atoms with Gasteiger partial charge in [-0.25, -0.2) is 0 Å². The number of hydrogen-bond donors (Lipinski definition) is 1. The predicted molar refractivity (Wildman–Crippen MR) is 78.2 cm³/mol. The van der Waals surface area contributed by atoms with Gasteiger partial charge < -0.3 is 9.55 Å². The van der Waals surface area contributed by atoms with E-state index >= 15 is 0 Å². The van der Waals surface area contributed by atoms with Crippen LogP contribution in [0.25, 0.3) is 11.0 Å². The summed E-state index contributed by atoms with van der Waals surface area (Å²) in [5.74, 6) is 0. The first-order valence-corrected chi connectivity index (χ1v) is 6.71. The van der Waals surface area contributed by atoms with Gasteiger partial charge in [0.2, 0.25) is 0 Å². The highest BCUT2D eigenvalue weighted by Gasteiger charge is 2.04. The number of halogens is 1. The summed E-state index contributed by atoms with van der Waals surface area (Å²) in [7, 11) is 0. The second-order valence-corrected chi connectivity index (χ2v) is 5.34. The third-order valence-corrected chi connectivity index (χ3v) is 3.62. The molecule has 2 aromatic heterocycles. The van der Waals surface area contributed by atoms with E-state index in [1.165, 1.54) is 5.56 Å². The molecular formula is C13H10BrN3S. The Kier molecular flexibility index (Phi) is 3.01. The molecule has 5 heteroatoms. The molecule has 3 aromatic rings. The lowest BCUT2D eigenvalue weighted by Crippen LogP contribution is -1.99. The van der Waals surface area contributed by atoms with Crippen molar-refractivity contribution in [3.05, 3.63) is 57.5 Å². The van der Waals surface area contributed by atoms with E-state index in [0.29, 0.717) is 0 Å². The summed E-state index contributed by atoms with van der Waals surface area (Å²) in [4.78, 5) is 7.26. The van der Waals surface area contributed by atoms with Gasteiger partial charge >= 0.3 is 0 Å². The number of hydrogen-bond acceptors (Lipinski definition) is 2. The number of fused-ring (bicyclic) bond motifs is 1. The smallest absolute Gasteiger partial charge is 0.178 e. The van der Waals surface area contributed by atoms with Gasteiger partial charge in [-0.15, -0.1) is 0 Å². The fourth-order valence-electron chi connectivity index (χ4n) is 1.99. The van der Waals surface area contributed by atoms with Crippen LogP contribution in [0.2, 0.25) is 0 Å². The van der Waals surface area contributed by atoms with Crippen LogP contribution in [-0.2, 0) is 6.54 Å². The number of pyridine rings is 1. The van der Waals surface area contributed by atoms with Gasteiger partial charge in [-0.1, -0.05) is 28.1 Å². The van der Waals surface area contributed by atoms with E-state index in [1.54, 1.807) is 12.4 Å². The first kappa shape index (κ1) is 11.6. The third-order valence-electron chi connectivity index (χ3n) is 2.81. The summed E-state index contributed by atoms with van der Waals surface area (Å²) >= 11 is 8.83. The molecule has 0 bridgehead atoms. The maximum absolute atomic E-state index is 5.35. The van der Waals surface area contributed by atoms with Crippen LogP contribution in [-0.4, -0.2) is 14.5 Å². The number of aromatic amines is 1. The number of aromatic nitrogens is 3. The molecule has 0 radical (unpaired) electrons. The Morgan fingerprint density at radius 2 is 2.22 bits per heavy atom.